The summed E-state index contributed by atoms with van der Waals surface area (Å²) in [7, 11) is 1.63. The Morgan fingerprint density at radius 1 is 1.20 bits per heavy atom. The summed E-state index contributed by atoms with van der Waals surface area (Å²) in [6.07, 6.45) is 0. The fraction of sp³-hybridized carbons (Fsp3) is 0.368. The minimum absolute atomic E-state index is 0.0764. The predicted molar refractivity (Wildman–Crippen MR) is 105 cm³/mol. The van der Waals surface area contributed by atoms with Gasteiger partial charge in [0.05, 0.1) is 6.54 Å². The van der Waals surface area contributed by atoms with E-state index < -0.39 is 0 Å². The topological polar surface area (TPSA) is 65.5 Å². The number of carbonyl (C=O) groups is 1. The summed E-state index contributed by atoms with van der Waals surface area (Å²) in [4.78, 5) is 16.2. The van der Waals surface area contributed by atoms with Crippen molar-refractivity contribution in [2.45, 2.75) is 26.3 Å². The second-order valence-electron chi connectivity index (χ2n) is 5.81. The molecule has 2 rings (SSSR count). The Hall–Kier alpha value is -2.34. The van der Waals surface area contributed by atoms with E-state index in [0.29, 0.717) is 18.0 Å². The summed E-state index contributed by atoms with van der Waals surface area (Å²) in [6, 6.07) is 9.68. The van der Waals surface area contributed by atoms with Crippen LogP contribution in [0.5, 0.6) is 0 Å². The fourth-order valence-electron chi connectivity index (χ4n) is 2.34. The van der Waals surface area contributed by atoms with Crippen LogP contribution in [-0.2, 0) is 6.54 Å². The quantitative estimate of drug-likeness (QED) is 0.527. The van der Waals surface area contributed by atoms with Gasteiger partial charge in [0.25, 0.3) is 5.91 Å². The first-order valence-electron chi connectivity index (χ1n) is 8.49. The van der Waals surface area contributed by atoms with Gasteiger partial charge < -0.3 is 16.0 Å². The molecule has 2 aromatic rings. The van der Waals surface area contributed by atoms with Crippen LogP contribution in [0.25, 0.3) is 0 Å². The minimum atomic E-state index is -0.0764. The number of rotatable bonds is 7. The van der Waals surface area contributed by atoms with Crippen LogP contribution in [0.2, 0.25) is 0 Å². The lowest BCUT2D eigenvalue weighted by Crippen LogP contribution is -2.39. The summed E-state index contributed by atoms with van der Waals surface area (Å²) in [6.45, 7) is 6.47. The van der Waals surface area contributed by atoms with Crippen LogP contribution in [0.15, 0.2) is 46.1 Å². The van der Waals surface area contributed by atoms with Crippen LogP contribution in [0.4, 0.5) is 0 Å². The van der Waals surface area contributed by atoms with Gasteiger partial charge in [0, 0.05) is 25.7 Å². The standard InChI is InChI=1S/C19H26N4OS/c1-4-21-19(22-11-14(2)17-9-10-25-13-17)23-12-15-5-7-16(8-6-15)18(24)20-3/h5-10,13-14H,4,11-12H2,1-3H3,(H,20,24)(H2,21,22,23). The highest BCUT2D eigenvalue weighted by Gasteiger charge is 2.07. The third-order valence-corrected chi connectivity index (χ3v) is 4.60. The SMILES string of the molecule is CCNC(=NCc1ccc(C(=O)NC)cc1)NCC(C)c1ccsc1. The maximum Gasteiger partial charge on any atom is 0.251 e. The molecular weight excluding hydrogens is 332 g/mol. The van der Waals surface area contributed by atoms with Crippen LogP contribution < -0.4 is 16.0 Å². The van der Waals surface area contributed by atoms with Gasteiger partial charge in [-0.25, -0.2) is 4.99 Å². The summed E-state index contributed by atoms with van der Waals surface area (Å²) in [5, 5.41) is 13.6. The third-order valence-electron chi connectivity index (χ3n) is 3.90. The molecule has 3 N–H and O–H groups in total. The molecule has 1 atom stereocenters. The van der Waals surface area contributed by atoms with Crippen molar-refractivity contribution < 1.29 is 4.79 Å². The van der Waals surface area contributed by atoms with Gasteiger partial charge >= 0.3 is 0 Å². The number of thiophene rings is 1. The third kappa shape index (κ3) is 5.90. The van der Waals surface area contributed by atoms with Gasteiger partial charge in [-0.05, 0) is 52.9 Å². The normalized spacial score (nSPS) is 12.5. The number of carbonyl (C=O) groups excluding carboxylic acids is 1. The number of amides is 1. The molecule has 0 fully saturated rings. The Morgan fingerprint density at radius 3 is 2.56 bits per heavy atom. The van der Waals surface area contributed by atoms with Crippen molar-refractivity contribution >= 4 is 23.2 Å². The van der Waals surface area contributed by atoms with E-state index in [1.54, 1.807) is 18.4 Å². The number of benzene rings is 1. The molecule has 1 unspecified atom stereocenters. The first-order chi connectivity index (χ1) is 12.1. The van der Waals surface area contributed by atoms with Crippen molar-refractivity contribution in [2.24, 2.45) is 4.99 Å². The average molecular weight is 359 g/mol. The molecule has 134 valence electrons. The molecule has 1 aromatic heterocycles. The predicted octanol–water partition coefficient (Wildman–Crippen LogP) is 2.97. The molecule has 0 radical (unpaired) electrons. The van der Waals surface area contributed by atoms with E-state index in [9.17, 15) is 4.79 Å². The number of guanidine groups is 1. The zero-order chi connectivity index (χ0) is 18.1. The van der Waals surface area contributed by atoms with Crippen LogP contribution in [0, 0.1) is 0 Å². The van der Waals surface area contributed by atoms with Crippen molar-refractivity contribution in [3.63, 3.8) is 0 Å². The van der Waals surface area contributed by atoms with Crippen LogP contribution in [0.3, 0.4) is 0 Å². The average Bonchev–Trinajstić information content (AvgIpc) is 3.18. The Bertz CT molecular complexity index is 680. The van der Waals surface area contributed by atoms with Crippen molar-refractivity contribution in [3.8, 4) is 0 Å². The highest BCUT2D eigenvalue weighted by molar-refractivity contribution is 7.07. The minimum Gasteiger partial charge on any atom is -0.357 e. The smallest absolute Gasteiger partial charge is 0.251 e. The summed E-state index contributed by atoms with van der Waals surface area (Å²) in [5.74, 6) is 1.16. The van der Waals surface area contributed by atoms with E-state index >= 15 is 0 Å². The first-order valence-corrected chi connectivity index (χ1v) is 9.43. The number of aliphatic imine (C=N–C) groups is 1. The zero-order valence-electron chi connectivity index (χ0n) is 15.0. The molecule has 5 nitrogen and oxygen atoms in total. The Morgan fingerprint density at radius 2 is 1.96 bits per heavy atom. The molecule has 0 spiro atoms. The van der Waals surface area contributed by atoms with Crippen molar-refractivity contribution in [2.75, 3.05) is 20.1 Å². The molecule has 0 saturated heterocycles. The van der Waals surface area contributed by atoms with E-state index in [-0.39, 0.29) is 5.91 Å². The Kier molecular flexibility index (Phi) is 7.47. The molecule has 1 amide bonds. The lowest BCUT2D eigenvalue weighted by Gasteiger charge is -2.15. The fourth-order valence-corrected chi connectivity index (χ4v) is 3.12. The van der Waals surface area contributed by atoms with Gasteiger partial charge in [-0.3, -0.25) is 4.79 Å². The molecule has 0 aliphatic rings. The molecule has 6 heteroatoms. The van der Waals surface area contributed by atoms with Crippen molar-refractivity contribution in [1.82, 2.24) is 16.0 Å². The first kappa shape index (κ1) is 19.0. The highest BCUT2D eigenvalue weighted by Crippen LogP contribution is 2.17. The molecule has 0 saturated carbocycles. The lowest BCUT2D eigenvalue weighted by molar-refractivity contribution is 0.0963. The molecule has 25 heavy (non-hydrogen) atoms. The molecule has 0 aliphatic heterocycles. The molecule has 1 aromatic carbocycles. The van der Waals surface area contributed by atoms with E-state index in [0.717, 1.165) is 24.6 Å². The maximum atomic E-state index is 11.6. The molecule has 0 bridgehead atoms. The van der Waals surface area contributed by atoms with E-state index in [1.165, 1.54) is 5.56 Å². The largest absolute Gasteiger partial charge is 0.357 e. The van der Waals surface area contributed by atoms with E-state index in [2.05, 4.69) is 51.6 Å². The van der Waals surface area contributed by atoms with Gasteiger partial charge in [-0.2, -0.15) is 11.3 Å². The summed E-state index contributed by atoms with van der Waals surface area (Å²) < 4.78 is 0. The second kappa shape index (κ2) is 9.84. The monoisotopic (exact) mass is 358 g/mol. The lowest BCUT2D eigenvalue weighted by atomic mass is 10.1. The number of nitrogens with zero attached hydrogens (tertiary/aromatic N) is 1. The maximum absolute atomic E-state index is 11.6. The van der Waals surface area contributed by atoms with Gasteiger partial charge in [0.2, 0.25) is 0 Å². The van der Waals surface area contributed by atoms with Crippen LogP contribution in [-0.4, -0.2) is 32.0 Å². The number of nitrogens with one attached hydrogen (secondary N) is 3. The van der Waals surface area contributed by atoms with E-state index in [1.807, 2.05) is 24.3 Å². The van der Waals surface area contributed by atoms with Crippen LogP contribution >= 0.6 is 11.3 Å². The van der Waals surface area contributed by atoms with Gasteiger partial charge in [0.1, 0.15) is 0 Å². The van der Waals surface area contributed by atoms with Gasteiger partial charge in [-0.1, -0.05) is 19.1 Å². The highest BCUT2D eigenvalue weighted by atomic mass is 32.1. The zero-order valence-corrected chi connectivity index (χ0v) is 15.8. The van der Waals surface area contributed by atoms with Crippen LogP contribution in [0.1, 0.15) is 41.3 Å². The summed E-state index contributed by atoms with van der Waals surface area (Å²) >= 11 is 1.72. The summed E-state index contributed by atoms with van der Waals surface area (Å²) in [5.41, 5.74) is 3.07. The Labute approximate surface area is 153 Å². The van der Waals surface area contributed by atoms with E-state index in [4.69, 9.17) is 0 Å². The molecular formula is C19H26N4OS. The van der Waals surface area contributed by atoms with Gasteiger partial charge in [-0.15, -0.1) is 0 Å². The van der Waals surface area contributed by atoms with Gasteiger partial charge in [0.15, 0.2) is 5.96 Å². The number of hydrogen-bond acceptors (Lipinski definition) is 3. The number of hydrogen-bond donors (Lipinski definition) is 3. The van der Waals surface area contributed by atoms with Crippen molar-refractivity contribution in [3.05, 3.63) is 57.8 Å². The Balaban J connectivity index is 1.93. The second-order valence-corrected chi connectivity index (χ2v) is 6.59. The molecule has 1 heterocycles. The van der Waals surface area contributed by atoms with Crippen molar-refractivity contribution in [1.29, 1.82) is 0 Å². The molecule has 0 aliphatic carbocycles.